The first-order valence-corrected chi connectivity index (χ1v) is 9.73. The molecule has 0 amide bonds. The summed E-state index contributed by atoms with van der Waals surface area (Å²) in [6.07, 6.45) is 0. The van der Waals surface area contributed by atoms with Crippen LogP contribution >= 0.6 is 10.6 Å². The topological polar surface area (TPSA) is 128 Å². The second kappa shape index (κ2) is 6.67. The third-order valence-corrected chi connectivity index (χ3v) is 5.96. The number of hydrogen-bond donors (Lipinski definition) is 3. The first-order valence-electron chi connectivity index (χ1n) is 7.84. The third kappa shape index (κ3) is 3.53. The lowest BCUT2D eigenvalue weighted by molar-refractivity contribution is -0.385. The van der Waals surface area contributed by atoms with Gasteiger partial charge >= 0.3 is 5.69 Å². The van der Waals surface area contributed by atoms with Gasteiger partial charge in [0, 0.05) is 39.3 Å². The molecule has 2 aliphatic rings. The Labute approximate surface area is 141 Å². The molecule has 2 saturated heterocycles. The highest BCUT2D eigenvalue weighted by molar-refractivity contribution is 8.24. The molecule has 3 N–H and O–H groups in total. The highest BCUT2D eigenvalue weighted by atomic mass is 32.3. The molecule has 0 aromatic carbocycles. The van der Waals surface area contributed by atoms with Crippen LogP contribution < -0.4 is 15.1 Å². The number of nitrogens with one attached hydrogen (secondary N) is 1. The Kier molecular flexibility index (Phi) is 4.76. The molecular weight excluding hydrogens is 336 g/mol. The molecule has 1 aromatic heterocycles. The molecule has 134 valence electrons. The zero-order valence-corrected chi connectivity index (χ0v) is 14.3. The van der Waals surface area contributed by atoms with Crippen LogP contribution in [0.4, 0.5) is 17.5 Å². The van der Waals surface area contributed by atoms with E-state index in [-0.39, 0.29) is 23.0 Å². The number of aryl methyl sites for hydroxylation is 1. The summed E-state index contributed by atoms with van der Waals surface area (Å²) in [6.45, 7) is 5.42. The van der Waals surface area contributed by atoms with Crippen LogP contribution in [0.15, 0.2) is 0 Å². The van der Waals surface area contributed by atoms with Crippen molar-refractivity contribution in [3.05, 3.63) is 15.8 Å². The van der Waals surface area contributed by atoms with E-state index in [4.69, 9.17) is 0 Å². The number of aromatic nitrogens is 2. The van der Waals surface area contributed by atoms with E-state index in [9.17, 15) is 19.2 Å². The Morgan fingerprint density at radius 3 is 2.33 bits per heavy atom. The van der Waals surface area contributed by atoms with E-state index >= 15 is 0 Å². The van der Waals surface area contributed by atoms with Gasteiger partial charge in [0.15, 0.2) is 0 Å². The second-order valence-electron chi connectivity index (χ2n) is 5.97. The summed E-state index contributed by atoms with van der Waals surface area (Å²) in [6, 6.07) is 0. The van der Waals surface area contributed by atoms with Crippen molar-refractivity contribution in [3.63, 3.8) is 0 Å². The minimum Gasteiger partial charge on any atom is -0.348 e. The third-order valence-electron chi connectivity index (χ3n) is 4.29. The van der Waals surface area contributed by atoms with Gasteiger partial charge in [-0.15, -0.1) is 0 Å². The van der Waals surface area contributed by atoms with Crippen molar-refractivity contribution in [2.45, 2.75) is 6.92 Å². The fourth-order valence-electron chi connectivity index (χ4n) is 2.92. The maximum absolute atomic E-state index is 11.5. The summed E-state index contributed by atoms with van der Waals surface area (Å²) in [7, 11) is -2.57. The fraction of sp³-hybridized carbons (Fsp3) is 0.692. The van der Waals surface area contributed by atoms with Crippen LogP contribution in [0.3, 0.4) is 0 Å². The zero-order valence-electron chi connectivity index (χ0n) is 13.5. The normalized spacial score (nSPS) is 22.3. The fourth-order valence-corrected chi connectivity index (χ4v) is 4.15. The number of rotatable bonds is 3. The summed E-state index contributed by atoms with van der Waals surface area (Å²) < 4.78 is 19.5. The van der Waals surface area contributed by atoms with Gasteiger partial charge in [-0.1, -0.05) is 0 Å². The summed E-state index contributed by atoms with van der Waals surface area (Å²) in [5.74, 6) is 1.18. The second-order valence-corrected chi connectivity index (χ2v) is 8.39. The highest BCUT2D eigenvalue weighted by Crippen LogP contribution is 2.42. The molecule has 0 saturated carbocycles. The number of piperazine rings is 1. The van der Waals surface area contributed by atoms with Gasteiger partial charge in [0.25, 0.3) is 0 Å². The molecular formula is C13H22N6O4S. The van der Waals surface area contributed by atoms with Crippen molar-refractivity contribution in [2.24, 2.45) is 0 Å². The maximum Gasteiger partial charge on any atom is 0.332 e. The number of nitrogens with zero attached hydrogens (tertiary/aromatic N) is 5. The van der Waals surface area contributed by atoms with Gasteiger partial charge in [-0.05, 0) is 6.92 Å². The molecule has 0 unspecified atom stereocenters. The van der Waals surface area contributed by atoms with Gasteiger partial charge in [-0.25, -0.2) is 4.98 Å². The van der Waals surface area contributed by atoms with E-state index in [1.54, 1.807) is 11.8 Å². The van der Waals surface area contributed by atoms with Crippen LogP contribution in [0.2, 0.25) is 0 Å². The predicted molar refractivity (Wildman–Crippen MR) is 93.3 cm³/mol. The lowest BCUT2D eigenvalue weighted by Crippen LogP contribution is -2.45. The van der Waals surface area contributed by atoms with Gasteiger partial charge in [0.2, 0.25) is 11.8 Å². The number of hydrogen-bond acceptors (Lipinski definition) is 9. The molecule has 3 heterocycles. The van der Waals surface area contributed by atoms with Crippen molar-refractivity contribution in [3.8, 4) is 0 Å². The van der Waals surface area contributed by atoms with Gasteiger partial charge in [-0.3, -0.25) is 19.2 Å². The van der Waals surface area contributed by atoms with Crippen molar-refractivity contribution in [1.82, 2.24) is 15.3 Å². The largest absolute Gasteiger partial charge is 0.348 e. The van der Waals surface area contributed by atoms with Crippen LogP contribution in [0.1, 0.15) is 5.69 Å². The minimum atomic E-state index is -2.57. The first kappa shape index (κ1) is 17.1. The first-order chi connectivity index (χ1) is 11.4. The lowest BCUT2D eigenvalue weighted by Gasteiger charge is -2.41. The van der Waals surface area contributed by atoms with E-state index in [2.05, 4.69) is 15.3 Å². The molecule has 2 aliphatic heterocycles. The summed E-state index contributed by atoms with van der Waals surface area (Å²) in [5.41, 5.74) is 0.225. The predicted octanol–water partition coefficient (Wildman–Crippen LogP) is 0.673. The molecule has 3 rings (SSSR count). The molecule has 0 spiro atoms. The molecule has 0 aliphatic carbocycles. The smallest absolute Gasteiger partial charge is 0.332 e. The zero-order chi connectivity index (χ0) is 17.3. The van der Waals surface area contributed by atoms with E-state index in [1.807, 2.05) is 4.90 Å². The molecule has 1 aromatic rings. The number of anilines is 2. The standard InChI is InChI=1S/C13H22N6O4S/c1-10-11(19(20)21)12(17-6-8-24(22,23)9-7-17)16-13(15-10)18-4-2-14-3-5-18/h14,22-23H,2-9H2,1H3. The molecule has 10 nitrogen and oxygen atoms in total. The number of nitro groups is 1. The van der Waals surface area contributed by atoms with E-state index in [1.165, 1.54) is 0 Å². The molecule has 0 bridgehead atoms. The summed E-state index contributed by atoms with van der Waals surface area (Å²) >= 11 is 0. The van der Waals surface area contributed by atoms with Gasteiger partial charge in [0.1, 0.15) is 5.69 Å². The maximum atomic E-state index is 11.5. The monoisotopic (exact) mass is 358 g/mol. The average molecular weight is 358 g/mol. The van der Waals surface area contributed by atoms with Crippen molar-refractivity contribution >= 4 is 28.0 Å². The lowest BCUT2D eigenvalue weighted by atomic mass is 10.3. The summed E-state index contributed by atoms with van der Waals surface area (Å²) in [5, 5.41) is 14.7. The van der Waals surface area contributed by atoms with Gasteiger partial charge in [-0.2, -0.15) is 15.6 Å². The Hall–Kier alpha value is -1.69. The van der Waals surface area contributed by atoms with Crippen LogP contribution in [0.25, 0.3) is 0 Å². The highest BCUT2D eigenvalue weighted by Gasteiger charge is 2.31. The summed E-state index contributed by atoms with van der Waals surface area (Å²) in [4.78, 5) is 23.6. The molecule has 2 fully saturated rings. The van der Waals surface area contributed by atoms with Crippen molar-refractivity contribution < 1.29 is 14.0 Å². The average Bonchev–Trinajstić information content (AvgIpc) is 2.54. The van der Waals surface area contributed by atoms with Gasteiger partial charge in [0.05, 0.1) is 16.4 Å². The molecule has 0 atom stereocenters. The van der Waals surface area contributed by atoms with Crippen LogP contribution in [-0.4, -0.2) is 74.8 Å². The van der Waals surface area contributed by atoms with Crippen LogP contribution in [0.5, 0.6) is 0 Å². The Balaban J connectivity index is 1.95. The van der Waals surface area contributed by atoms with E-state index in [0.29, 0.717) is 24.7 Å². The molecule has 0 radical (unpaired) electrons. The van der Waals surface area contributed by atoms with E-state index < -0.39 is 15.5 Å². The minimum absolute atomic E-state index is 0.104. The molecule has 24 heavy (non-hydrogen) atoms. The Morgan fingerprint density at radius 2 is 1.75 bits per heavy atom. The van der Waals surface area contributed by atoms with Crippen molar-refractivity contribution in [2.75, 3.05) is 60.6 Å². The Bertz CT molecular complexity index is 627. The van der Waals surface area contributed by atoms with Gasteiger partial charge < -0.3 is 15.1 Å². The van der Waals surface area contributed by atoms with E-state index in [0.717, 1.165) is 26.2 Å². The molecule has 11 heteroatoms. The Morgan fingerprint density at radius 1 is 1.12 bits per heavy atom. The quantitative estimate of drug-likeness (QED) is 0.527. The van der Waals surface area contributed by atoms with Crippen LogP contribution in [-0.2, 0) is 0 Å². The van der Waals surface area contributed by atoms with Crippen LogP contribution in [0, 0.1) is 17.0 Å². The van der Waals surface area contributed by atoms with Crippen molar-refractivity contribution in [1.29, 1.82) is 0 Å². The SMILES string of the molecule is Cc1nc(N2CCNCC2)nc(N2CCS(O)(O)CC2)c1[N+](=O)[O-].